The Labute approximate surface area is 197 Å². The maximum atomic E-state index is 13.9. The first kappa shape index (κ1) is 23.4. The van der Waals surface area contributed by atoms with Gasteiger partial charge in [-0.2, -0.15) is 0 Å². The van der Waals surface area contributed by atoms with Crippen LogP contribution in [0.5, 0.6) is 0 Å². The van der Waals surface area contributed by atoms with Gasteiger partial charge in [0.05, 0.1) is 10.6 Å². The molecule has 0 heterocycles. The predicted molar refractivity (Wildman–Crippen MR) is 126 cm³/mol. The van der Waals surface area contributed by atoms with E-state index >= 15 is 0 Å². The van der Waals surface area contributed by atoms with Gasteiger partial charge in [-0.1, -0.05) is 48.5 Å². The van der Waals surface area contributed by atoms with E-state index in [4.69, 9.17) is 0 Å². The Morgan fingerprint density at radius 3 is 2.35 bits per heavy atom. The Balaban J connectivity index is 1.52. The van der Waals surface area contributed by atoms with Crippen LogP contribution < -0.4 is 15.4 Å². The molecule has 1 atom stereocenters. The first-order valence-corrected chi connectivity index (χ1v) is 12.3. The lowest BCUT2D eigenvalue weighted by atomic mass is 10.0. The van der Waals surface area contributed by atoms with Crippen LogP contribution in [-0.4, -0.2) is 32.3 Å². The zero-order valence-corrected chi connectivity index (χ0v) is 19.0. The van der Waals surface area contributed by atoms with E-state index in [9.17, 15) is 22.4 Å². The van der Waals surface area contributed by atoms with Crippen molar-refractivity contribution < 1.29 is 22.4 Å². The van der Waals surface area contributed by atoms with Gasteiger partial charge >= 0.3 is 0 Å². The molecule has 0 saturated heterocycles. The molecule has 3 aromatic rings. The number of anilines is 1. The number of hydrogen-bond donors (Lipinski definition) is 3. The number of halogens is 1. The molecule has 1 aliphatic carbocycles. The highest BCUT2D eigenvalue weighted by Gasteiger charge is 2.29. The Hall–Kier alpha value is -3.72. The lowest BCUT2D eigenvalue weighted by molar-refractivity contribution is -0.123. The summed E-state index contributed by atoms with van der Waals surface area (Å²) in [5, 5.41) is 5.63. The van der Waals surface area contributed by atoms with Crippen LogP contribution >= 0.6 is 0 Å². The molecule has 3 N–H and O–H groups in total. The first-order chi connectivity index (χ1) is 16.3. The lowest BCUT2D eigenvalue weighted by Crippen LogP contribution is -2.48. The molecule has 4 rings (SSSR count). The first-order valence-electron chi connectivity index (χ1n) is 10.8. The summed E-state index contributed by atoms with van der Waals surface area (Å²) >= 11 is 0. The summed E-state index contributed by atoms with van der Waals surface area (Å²) in [6.45, 7) is 0. The topological polar surface area (TPSA) is 104 Å². The van der Waals surface area contributed by atoms with Gasteiger partial charge in [-0.05, 0) is 48.7 Å². The van der Waals surface area contributed by atoms with Crippen LogP contribution in [0.1, 0.15) is 28.8 Å². The van der Waals surface area contributed by atoms with E-state index in [1.165, 1.54) is 42.5 Å². The molecule has 0 spiro atoms. The van der Waals surface area contributed by atoms with Crippen molar-refractivity contribution in [1.29, 1.82) is 0 Å². The number of carbonyl (C=O) groups excluding carboxylic acids is 2. The third-order valence-electron chi connectivity index (χ3n) is 5.35. The third-order valence-corrected chi connectivity index (χ3v) is 6.72. The normalized spacial score (nSPS) is 14.1. The molecular formula is C25H24FN3O4S. The fourth-order valence-electron chi connectivity index (χ4n) is 3.38. The number of carbonyl (C=O) groups is 2. The number of rotatable bonds is 9. The highest BCUT2D eigenvalue weighted by molar-refractivity contribution is 7.92. The van der Waals surface area contributed by atoms with Crippen molar-refractivity contribution in [2.75, 3.05) is 4.72 Å². The minimum absolute atomic E-state index is 0.0636. The fourth-order valence-corrected chi connectivity index (χ4v) is 4.49. The van der Waals surface area contributed by atoms with E-state index in [1.54, 1.807) is 0 Å². The monoisotopic (exact) mass is 481 g/mol. The average molecular weight is 482 g/mol. The van der Waals surface area contributed by atoms with Gasteiger partial charge in [0.1, 0.15) is 11.9 Å². The predicted octanol–water partition coefficient (Wildman–Crippen LogP) is 3.25. The van der Waals surface area contributed by atoms with Gasteiger partial charge in [0.25, 0.3) is 15.9 Å². The molecule has 0 aliphatic heterocycles. The maximum absolute atomic E-state index is 13.9. The third kappa shape index (κ3) is 5.99. The van der Waals surface area contributed by atoms with Crippen LogP contribution in [-0.2, 0) is 21.2 Å². The zero-order chi connectivity index (χ0) is 24.1. The van der Waals surface area contributed by atoms with Gasteiger partial charge in [0, 0.05) is 18.0 Å². The quantitative estimate of drug-likeness (QED) is 0.436. The number of hydrogen-bond acceptors (Lipinski definition) is 4. The molecular weight excluding hydrogens is 457 g/mol. The van der Waals surface area contributed by atoms with E-state index < -0.39 is 27.8 Å². The minimum atomic E-state index is -4.14. The Morgan fingerprint density at radius 1 is 0.941 bits per heavy atom. The summed E-state index contributed by atoms with van der Waals surface area (Å²) < 4.78 is 41.6. The van der Waals surface area contributed by atoms with Crippen molar-refractivity contribution in [3.63, 3.8) is 0 Å². The molecule has 0 bridgehead atoms. The summed E-state index contributed by atoms with van der Waals surface area (Å²) in [4.78, 5) is 25.5. The number of sulfonamides is 1. The standard InChI is InChI=1S/C25H24FN3O4S/c26-21-11-4-5-12-22(21)29-34(32,33)20-10-6-9-18(16-20)24(30)28-23(25(31)27-19-13-14-19)15-17-7-2-1-3-8-17/h1-12,16,19,23,29H,13-15H2,(H,27,31)(H,28,30). The van der Waals surface area contributed by atoms with E-state index in [2.05, 4.69) is 15.4 Å². The van der Waals surface area contributed by atoms with Crippen molar-refractivity contribution in [2.45, 2.75) is 36.2 Å². The van der Waals surface area contributed by atoms with Crippen LogP contribution in [0.4, 0.5) is 10.1 Å². The summed E-state index contributed by atoms with van der Waals surface area (Å²) in [5.41, 5.74) is 0.745. The van der Waals surface area contributed by atoms with E-state index in [1.807, 2.05) is 30.3 Å². The molecule has 0 aromatic heterocycles. The second kappa shape index (κ2) is 10.0. The summed E-state index contributed by atoms with van der Waals surface area (Å²) in [6.07, 6.45) is 2.11. The number of benzene rings is 3. The summed E-state index contributed by atoms with van der Waals surface area (Å²) in [5.74, 6) is -1.59. The molecule has 9 heteroatoms. The van der Waals surface area contributed by atoms with Crippen LogP contribution in [0.15, 0.2) is 83.8 Å². The largest absolute Gasteiger partial charge is 0.352 e. The van der Waals surface area contributed by atoms with Gasteiger partial charge in [0.2, 0.25) is 5.91 Å². The molecule has 0 radical (unpaired) electrons. The Bertz CT molecular complexity index is 1290. The van der Waals surface area contributed by atoms with Crippen molar-refractivity contribution in [3.05, 3.63) is 95.8 Å². The average Bonchev–Trinajstić information content (AvgIpc) is 3.65. The number of nitrogens with one attached hydrogen (secondary N) is 3. The highest BCUT2D eigenvalue weighted by Crippen LogP contribution is 2.21. The SMILES string of the molecule is O=C(NC(Cc1ccccc1)C(=O)NC1CC1)c1cccc(S(=O)(=O)Nc2ccccc2F)c1. The van der Waals surface area contributed by atoms with Gasteiger partial charge in [-0.15, -0.1) is 0 Å². The molecule has 1 aliphatic rings. The van der Waals surface area contributed by atoms with E-state index in [-0.39, 0.29) is 34.5 Å². The molecule has 1 unspecified atom stereocenters. The molecule has 7 nitrogen and oxygen atoms in total. The van der Waals surface area contributed by atoms with Gasteiger partial charge in [-0.3, -0.25) is 14.3 Å². The van der Waals surface area contributed by atoms with Crippen molar-refractivity contribution >= 4 is 27.5 Å². The maximum Gasteiger partial charge on any atom is 0.262 e. The van der Waals surface area contributed by atoms with E-state index in [0.717, 1.165) is 24.5 Å². The fraction of sp³-hybridized carbons (Fsp3) is 0.200. The molecule has 176 valence electrons. The van der Waals surface area contributed by atoms with E-state index in [0.29, 0.717) is 0 Å². The van der Waals surface area contributed by atoms with Crippen LogP contribution in [0.25, 0.3) is 0 Å². The number of amides is 2. The van der Waals surface area contributed by atoms with Crippen molar-refractivity contribution in [1.82, 2.24) is 10.6 Å². The molecule has 1 saturated carbocycles. The second-order valence-electron chi connectivity index (χ2n) is 8.11. The highest BCUT2D eigenvalue weighted by atomic mass is 32.2. The second-order valence-corrected chi connectivity index (χ2v) is 9.79. The minimum Gasteiger partial charge on any atom is -0.352 e. The zero-order valence-electron chi connectivity index (χ0n) is 18.2. The molecule has 2 amide bonds. The Morgan fingerprint density at radius 2 is 1.65 bits per heavy atom. The molecule has 1 fully saturated rings. The molecule has 3 aromatic carbocycles. The van der Waals surface area contributed by atoms with Gasteiger partial charge < -0.3 is 10.6 Å². The van der Waals surface area contributed by atoms with Crippen molar-refractivity contribution in [2.24, 2.45) is 0 Å². The number of para-hydroxylation sites is 1. The van der Waals surface area contributed by atoms with Crippen LogP contribution in [0.3, 0.4) is 0 Å². The van der Waals surface area contributed by atoms with Crippen molar-refractivity contribution in [3.8, 4) is 0 Å². The Kier molecular flexibility index (Phi) is 6.93. The van der Waals surface area contributed by atoms with Gasteiger partial charge in [-0.25, -0.2) is 12.8 Å². The summed E-state index contributed by atoms with van der Waals surface area (Å²) in [7, 11) is -4.14. The van der Waals surface area contributed by atoms with Crippen LogP contribution in [0, 0.1) is 5.82 Å². The van der Waals surface area contributed by atoms with Crippen LogP contribution in [0.2, 0.25) is 0 Å². The van der Waals surface area contributed by atoms with Gasteiger partial charge in [0.15, 0.2) is 0 Å². The molecule has 34 heavy (non-hydrogen) atoms. The lowest BCUT2D eigenvalue weighted by Gasteiger charge is -2.19. The smallest absolute Gasteiger partial charge is 0.262 e. The summed E-state index contributed by atoms with van der Waals surface area (Å²) in [6, 6.07) is 19.4.